The Morgan fingerprint density at radius 3 is 0.732 bits per heavy atom. The number of aliphatic hydroxyl groups excluding tert-OH is 1. The molecule has 0 aromatic rings. The summed E-state index contributed by atoms with van der Waals surface area (Å²) in [5, 5.41) is 10.6. The molecule has 17 nitrogen and oxygen atoms in total. The summed E-state index contributed by atoms with van der Waals surface area (Å²) in [4.78, 5) is 72.8. The standard InChI is InChI=1S/C78H152O17P2/c1-9-70(7)56-48-40-32-25-21-17-15-13-11-12-14-16-18-22-26-33-42-50-58-75(80)88-64-73(95-78(83)61-53-45-35-29-28-31-39-47-55-69(5)6)66-92-96(84,85)90-62-72(79)63-91-97(86,87)93-67-74(65-89-76(81)59-51-43-37-36-41-49-57-71(8)10-2)94-77(82)60-52-44-34-27-23-19-20-24-30-38-46-54-68(3)4/h68-74,79H,9-67H2,1-8H3,(H,84,85)(H,86,87)/t70?,71?,72-,73-,74-/m1/s1. The Balaban J connectivity index is 5.15. The van der Waals surface area contributed by atoms with Crippen molar-refractivity contribution in [1.29, 1.82) is 0 Å². The van der Waals surface area contributed by atoms with Crippen LogP contribution in [0.4, 0.5) is 0 Å². The lowest BCUT2D eigenvalue weighted by Crippen LogP contribution is -2.30. The summed E-state index contributed by atoms with van der Waals surface area (Å²) in [6.07, 6.45) is 52.9. The van der Waals surface area contributed by atoms with Gasteiger partial charge < -0.3 is 33.8 Å². The molecule has 0 spiro atoms. The van der Waals surface area contributed by atoms with Gasteiger partial charge in [-0.1, -0.05) is 344 Å². The fourth-order valence-corrected chi connectivity index (χ4v) is 13.4. The topological polar surface area (TPSA) is 237 Å². The molecule has 0 aliphatic carbocycles. The average Bonchev–Trinajstić information content (AvgIpc) is 2.18. The minimum atomic E-state index is -4.96. The van der Waals surface area contributed by atoms with Gasteiger partial charge in [0.2, 0.25) is 0 Å². The molecule has 0 heterocycles. The number of carbonyl (C=O) groups excluding carboxylic acids is 4. The summed E-state index contributed by atoms with van der Waals surface area (Å²) in [6, 6.07) is 0. The largest absolute Gasteiger partial charge is 0.472 e. The van der Waals surface area contributed by atoms with E-state index in [-0.39, 0.29) is 25.7 Å². The van der Waals surface area contributed by atoms with Gasteiger partial charge in [0.05, 0.1) is 26.4 Å². The van der Waals surface area contributed by atoms with Crippen molar-refractivity contribution in [3.63, 3.8) is 0 Å². The SMILES string of the molecule is CCC(C)CCCCCCCCCCCCCCCCCCCCC(=O)OC[C@H](COP(=O)(O)OC[C@@H](O)COP(=O)(O)OC[C@@H](COC(=O)CCCCCCCCC(C)CC)OC(=O)CCCCCCCCCCCCCC(C)C)OC(=O)CCCCCCCCCCC(C)C. The molecule has 0 aromatic carbocycles. The fourth-order valence-electron chi connectivity index (χ4n) is 11.8. The maximum atomic E-state index is 13.1. The second-order valence-electron chi connectivity index (χ2n) is 29.5. The van der Waals surface area contributed by atoms with Crippen molar-refractivity contribution in [1.82, 2.24) is 0 Å². The summed E-state index contributed by atoms with van der Waals surface area (Å²) in [6.45, 7) is 14.2. The molecule has 3 N–H and O–H groups in total. The van der Waals surface area contributed by atoms with Gasteiger partial charge in [0.1, 0.15) is 19.3 Å². The number of hydrogen-bond acceptors (Lipinski definition) is 15. The highest BCUT2D eigenvalue weighted by molar-refractivity contribution is 7.47. The van der Waals surface area contributed by atoms with Gasteiger partial charge in [0.15, 0.2) is 12.2 Å². The van der Waals surface area contributed by atoms with Crippen LogP contribution in [0.5, 0.6) is 0 Å². The number of phosphoric acid groups is 2. The number of phosphoric ester groups is 2. The number of hydrogen-bond donors (Lipinski definition) is 3. The van der Waals surface area contributed by atoms with Crippen LogP contribution in [0.25, 0.3) is 0 Å². The highest BCUT2D eigenvalue weighted by Crippen LogP contribution is 2.45. The lowest BCUT2D eigenvalue weighted by molar-refractivity contribution is -0.161. The van der Waals surface area contributed by atoms with Crippen LogP contribution in [0.15, 0.2) is 0 Å². The van der Waals surface area contributed by atoms with E-state index >= 15 is 0 Å². The molecule has 0 saturated carbocycles. The second-order valence-corrected chi connectivity index (χ2v) is 32.4. The number of carbonyl (C=O) groups is 4. The Morgan fingerprint density at radius 2 is 0.495 bits per heavy atom. The normalized spacial score (nSPS) is 14.6. The average molecular weight is 1420 g/mol. The summed E-state index contributed by atoms with van der Waals surface area (Å²) in [7, 11) is -9.91. The fraction of sp³-hybridized carbons (Fsp3) is 0.949. The molecule has 0 aliphatic heterocycles. The third-order valence-electron chi connectivity index (χ3n) is 18.8. The smallest absolute Gasteiger partial charge is 0.462 e. The molecule has 7 atom stereocenters. The monoisotopic (exact) mass is 1420 g/mol. The van der Waals surface area contributed by atoms with Gasteiger partial charge in [-0.3, -0.25) is 37.3 Å². The van der Waals surface area contributed by atoms with Crippen LogP contribution in [0, 0.1) is 23.7 Å². The van der Waals surface area contributed by atoms with Crippen LogP contribution < -0.4 is 0 Å². The van der Waals surface area contributed by atoms with E-state index in [2.05, 4.69) is 55.4 Å². The molecule has 97 heavy (non-hydrogen) atoms. The molecule has 0 rings (SSSR count). The Morgan fingerprint density at radius 1 is 0.289 bits per heavy atom. The molecule has 0 aromatic heterocycles. The van der Waals surface area contributed by atoms with Gasteiger partial charge in [-0.05, 0) is 49.4 Å². The minimum Gasteiger partial charge on any atom is -0.462 e. The van der Waals surface area contributed by atoms with E-state index in [0.717, 1.165) is 120 Å². The Hall–Kier alpha value is -1.94. The highest BCUT2D eigenvalue weighted by atomic mass is 31.2. The van der Waals surface area contributed by atoms with Crippen LogP contribution in [0.3, 0.4) is 0 Å². The van der Waals surface area contributed by atoms with Gasteiger partial charge in [-0.15, -0.1) is 0 Å². The van der Waals surface area contributed by atoms with E-state index in [0.29, 0.717) is 25.7 Å². The predicted octanol–water partition coefficient (Wildman–Crippen LogP) is 22.8. The summed E-state index contributed by atoms with van der Waals surface area (Å²) >= 11 is 0. The van der Waals surface area contributed by atoms with E-state index in [1.807, 2.05) is 0 Å². The van der Waals surface area contributed by atoms with Crippen molar-refractivity contribution in [2.45, 2.75) is 414 Å². The van der Waals surface area contributed by atoms with Crippen molar-refractivity contribution in [2.24, 2.45) is 23.7 Å². The molecule has 19 heteroatoms. The highest BCUT2D eigenvalue weighted by Gasteiger charge is 2.30. The first-order valence-corrected chi connectivity index (χ1v) is 43.3. The number of ether oxygens (including phenoxy) is 4. The number of aliphatic hydroxyl groups is 1. The van der Waals surface area contributed by atoms with Gasteiger partial charge in [0.25, 0.3) is 0 Å². The second kappa shape index (κ2) is 67.2. The van der Waals surface area contributed by atoms with Crippen LogP contribution in [0.2, 0.25) is 0 Å². The molecule has 4 unspecified atom stereocenters. The van der Waals surface area contributed by atoms with Gasteiger partial charge in [-0.25, -0.2) is 9.13 Å². The van der Waals surface area contributed by atoms with Crippen LogP contribution in [-0.2, 0) is 65.4 Å². The first kappa shape index (κ1) is 95.1. The predicted molar refractivity (Wildman–Crippen MR) is 395 cm³/mol. The van der Waals surface area contributed by atoms with E-state index in [1.54, 1.807) is 0 Å². The van der Waals surface area contributed by atoms with Crippen LogP contribution in [0.1, 0.15) is 396 Å². The van der Waals surface area contributed by atoms with Crippen molar-refractivity contribution >= 4 is 39.5 Å². The zero-order chi connectivity index (χ0) is 71.7. The number of unbranched alkanes of at least 4 members (excludes halogenated alkanes) is 39. The Kier molecular flexibility index (Phi) is 65.9. The van der Waals surface area contributed by atoms with E-state index < -0.39 is 97.5 Å². The third-order valence-corrected chi connectivity index (χ3v) is 20.7. The van der Waals surface area contributed by atoms with E-state index in [9.17, 15) is 43.2 Å². The molecule has 0 aliphatic rings. The lowest BCUT2D eigenvalue weighted by atomic mass is 9.99. The zero-order valence-electron chi connectivity index (χ0n) is 63.7. The quantitative estimate of drug-likeness (QED) is 0.0222. The third kappa shape index (κ3) is 69.5. The molecule has 0 bridgehead atoms. The van der Waals surface area contributed by atoms with Crippen LogP contribution >= 0.6 is 15.6 Å². The molecule has 576 valence electrons. The zero-order valence-corrected chi connectivity index (χ0v) is 65.5. The maximum Gasteiger partial charge on any atom is 0.472 e. The summed E-state index contributed by atoms with van der Waals surface area (Å²) in [5.74, 6) is 0.966. The van der Waals surface area contributed by atoms with Crippen molar-refractivity contribution in [3.05, 3.63) is 0 Å². The molecule has 0 amide bonds. The number of rotatable bonds is 75. The Bertz CT molecular complexity index is 1910. The lowest BCUT2D eigenvalue weighted by Gasteiger charge is -2.21. The van der Waals surface area contributed by atoms with Crippen molar-refractivity contribution < 1.29 is 80.2 Å². The molecule has 0 radical (unpaired) electrons. The first-order valence-electron chi connectivity index (χ1n) is 40.3. The molecule has 0 fully saturated rings. The minimum absolute atomic E-state index is 0.105. The summed E-state index contributed by atoms with van der Waals surface area (Å²) < 4.78 is 68.5. The van der Waals surface area contributed by atoms with Gasteiger partial charge in [0, 0.05) is 25.7 Å². The van der Waals surface area contributed by atoms with E-state index in [4.69, 9.17) is 37.0 Å². The van der Waals surface area contributed by atoms with Crippen molar-refractivity contribution in [2.75, 3.05) is 39.6 Å². The molecular weight excluding hydrogens is 1270 g/mol. The summed E-state index contributed by atoms with van der Waals surface area (Å²) in [5.41, 5.74) is 0. The first-order chi connectivity index (χ1) is 46.7. The van der Waals surface area contributed by atoms with Crippen LogP contribution in [-0.4, -0.2) is 96.7 Å². The maximum absolute atomic E-state index is 13.1. The van der Waals surface area contributed by atoms with Gasteiger partial charge in [-0.2, -0.15) is 0 Å². The van der Waals surface area contributed by atoms with Crippen molar-refractivity contribution in [3.8, 4) is 0 Å². The molecule has 0 saturated heterocycles. The van der Waals surface area contributed by atoms with Gasteiger partial charge >= 0.3 is 39.5 Å². The van der Waals surface area contributed by atoms with E-state index in [1.165, 1.54) is 193 Å². The number of esters is 4. The Labute approximate surface area is 594 Å². The molecular formula is C78H152O17P2.